The van der Waals surface area contributed by atoms with E-state index < -0.39 is 6.10 Å². The first-order valence-electron chi connectivity index (χ1n) is 7.19. The Bertz CT molecular complexity index is 540. The number of hydrogen-bond donors (Lipinski definition) is 2. The molecule has 0 saturated heterocycles. The number of furan rings is 1. The first kappa shape index (κ1) is 14.2. The van der Waals surface area contributed by atoms with Crippen molar-refractivity contribution >= 4 is 0 Å². The van der Waals surface area contributed by atoms with E-state index in [9.17, 15) is 5.11 Å². The van der Waals surface area contributed by atoms with Crippen molar-refractivity contribution in [2.45, 2.75) is 38.1 Å². The number of aryl methyl sites for hydroxylation is 1. The third kappa shape index (κ3) is 3.90. The summed E-state index contributed by atoms with van der Waals surface area (Å²) in [5.41, 5.74) is 0. The molecule has 2 aromatic heterocycles. The summed E-state index contributed by atoms with van der Waals surface area (Å²) in [6.45, 7) is 1.98. The van der Waals surface area contributed by atoms with E-state index in [1.54, 1.807) is 12.6 Å². The number of nitrogens with zero attached hydrogens (tertiary/aromatic N) is 3. The maximum absolute atomic E-state index is 9.91. The Hall–Kier alpha value is -1.70. The van der Waals surface area contributed by atoms with Crippen LogP contribution in [0.15, 0.2) is 29.1 Å². The lowest BCUT2D eigenvalue weighted by molar-refractivity contribution is 0.0209. The topological polar surface area (TPSA) is 85.3 Å². The lowest BCUT2D eigenvalue weighted by atomic mass is 10.1. The van der Waals surface area contributed by atoms with Gasteiger partial charge < -0.3 is 19.6 Å². The third-order valence-corrected chi connectivity index (χ3v) is 3.58. The van der Waals surface area contributed by atoms with Crippen LogP contribution in [0.3, 0.4) is 0 Å². The molecule has 0 spiro atoms. The zero-order valence-corrected chi connectivity index (χ0v) is 11.8. The van der Waals surface area contributed by atoms with E-state index >= 15 is 0 Å². The van der Waals surface area contributed by atoms with Crippen LogP contribution in [0.2, 0.25) is 0 Å². The van der Waals surface area contributed by atoms with Gasteiger partial charge in [0.05, 0.1) is 25.5 Å². The van der Waals surface area contributed by atoms with E-state index in [-0.39, 0.29) is 6.61 Å². The Balaban J connectivity index is 1.33. The summed E-state index contributed by atoms with van der Waals surface area (Å²) in [7, 11) is 0. The number of aromatic nitrogens is 3. The molecule has 2 atom stereocenters. The minimum atomic E-state index is -0.530. The van der Waals surface area contributed by atoms with Crippen LogP contribution >= 0.6 is 0 Å². The van der Waals surface area contributed by atoms with Crippen molar-refractivity contribution in [3.63, 3.8) is 0 Å². The van der Waals surface area contributed by atoms with E-state index in [0.29, 0.717) is 19.2 Å². The molecule has 0 amide bonds. The highest BCUT2D eigenvalue weighted by Crippen LogP contribution is 2.11. The Morgan fingerprint density at radius 3 is 3.38 bits per heavy atom. The van der Waals surface area contributed by atoms with Crippen molar-refractivity contribution in [2.24, 2.45) is 0 Å². The highest BCUT2D eigenvalue weighted by atomic mass is 16.5. The molecule has 0 fully saturated rings. The fraction of sp³-hybridized carbons (Fsp3) is 0.571. The number of nitrogens with one attached hydrogen (secondary N) is 1. The minimum absolute atomic E-state index is 0.287. The van der Waals surface area contributed by atoms with Gasteiger partial charge in [-0.05, 0) is 18.6 Å². The molecule has 7 heteroatoms. The molecule has 0 bridgehead atoms. The maximum Gasteiger partial charge on any atom is 0.138 e. The monoisotopic (exact) mass is 292 g/mol. The molecule has 1 aliphatic heterocycles. The largest absolute Gasteiger partial charge is 0.467 e. The van der Waals surface area contributed by atoms with Gasteiger partial charge in [0.2, 0.25) is 0 Å². The second-order valence-electron chi connectivity index (χ2n) is 5.25. The van der Waals surface area contributed by atoms with E-state index in [1.165, 1.54) is 0 Å². The molecular formula is C14H20N4O3. The molecule has 2 N–H and O–H groups in total. The fourth-order valence-corrected chi connectivity index (χ4v) is 2.46. The second kappa shape index (κ2) is 6.84. The zero-order chi connectivity index (χ0) is 14.5. The SMILES string of the molecule is O[C@@H](CN[C@@H]1CCc2ncnn2C1)COCc1ccco1. The molecule has 1 aliphatic rings. The van der Waals surface area contributed by atoms with Crippen LogP contribution in [0.1, 0.15) is 18.0 Å². The number of rotatable bonds is 7. The zero-order valence-electron chi connectivity index (χ0n) is 11.8. The van der Waals surface area contributed by atoms with Crippen molar-refractivity contribution in [3.05, 3.63) is 36.3 Å². The van der Waals surface area contributed by atoms with Gasteiger partial charge >= 0.3 is 0 Å². The van der Waals surface area contributed by atoms with E-state index in [1.807, 2.05) is 16.8 Å². The van der Waals surface area contributed by atoms with Crippen molar-refractivity contribution in [2.75, 3.05) is 13.2 Å². The van der Waals surface area contributed by atoms with E-state index in [4.69, 9.17) is 9.15 Å². The van der Waals surface area contributed by atoms with Gasteiger partial charge in [0.25, 0.3) is 0 Å². The molecular weight excluding hydrogens is 272 g/mol. The van der Waals surface area contributed by atoms with Crippen LogP contribution in [0.5, 0.6) is 0 Å². The molecule has 0 aliphatic carbocycles. The highest BCUT2D eigenvalue weighted by Gasteiger charge is 2.20. The summed E-state index contributed by atoms with van der Waals surface area (Å²) in [5.74, 6) is 1.80. The standard InChI is InChI=1S/C14H20N4O3/c19-12(8-20-9-13-2-1-5-21-13)6-15-11-3-4-14-16-10-17-18(14)7-11/h1-2,5,10-12,15,19H,3-4,6-9H2/t11-,12+/m1/s1. The van der Waals surface area contributed by atoms with Crippen molar-refractivity contribution in [3.8, 4) is 0 Å². The molecule has 3 heterocycles. The van der Waals surface area contributed by atoms with Crippen LogP contribution in [-0.2, 0) is 24.3 Å². The first-order chi connectivity index (χ1) is 10.3. The number of fused-ring (bicyclic) bond motifs is 1. The molecule has 0 aromatic carbocycles. The van der Waals surface area contributed by atoms with Crippen molar-refractivity contribution < 1.29 is 14.3 Å². The van der Waals surface area contributed by atoms with Gasteiger partial charge in [-0.25, -0.2) is 9.67 Å². The predicted octanol–water partition coefficient (Wildman–Crippen LogP) is 0.353. The smallest absolute Gasteiger partial charge is 0.138 e. The van der Waals surface area contributed by atoms with Crippen molar-refractivity contribution in [1.82, 2.24) is 20.1 Å². The van der Waals surface area contributed by atoms with Crippen LogP contribution in [0, 0.1) is 0 Å². The highest BCUT2D eigenvalue weighted by molar-refractivity contribution is 4.96. The average Bonchev–Trinajstić information content (AvgIpc) is 3.15. The van der Waals surface area contributed by atoms with Gasteiger partial charge in [-0.3, -0.25) is 0 Å². The molecule has 0 radical (unpaired) electrons. The summed E-state index contributed by atoms with van der Waals surface area (Å²) < 4.78 is 12.5. The lowest BCUT2D eigenvalue weighted by Crippen LogP contribution is -2.42. The number of hydrogen-bond acceptors (Lipinski definition) is 6. The first-order valence-corrected chi connectivity index (χ1v) is 7.19. The second-order valence-corrected chi connectivity index (χ2v) is 5.25. The summed E-state index contributed by atoms with van der Waals surface area (Å²) >= 11 is 0. The predicted molar refractivity (Wildman–Crippen MR) is 74.5 cm³/mol. The van der Waals surface area contributed by atoms with Crippen LogP contribution in [0.25, 0.3) is 0 Å². The Morgan fingerprint density at radius 2 is 2.52 bits per heavy atom. The molecule has 0 unspecified atom stereocenters. The van der Waals surface area contributed by atoms with Gasteiger partial charge in [-0.15, -0.1) is 0 Å². The van der Waals surface area contributed by atoms with Gasteiger partial charge in [0.1, 0.15) is 24.5 Å². The molecule has 114 valence electrons. The summed E-state index contributed by atoms with van der Waals surface area (Å²) in [5, 5.41) is 17.4. The van der Waals surface area contributed by atoms with E-state index in [2.05, 4.69) is 15.4 Å². The van der Waals surface area contributed by atoms with Crippen LogP contribution in [-0.4, -0.2) is 45.2 Å². The van der Waals surface area contributed by atoms with Gasteiger partial charge in [-0.2, -0.15) is 5.10 Å². The van der Waals surface area contributed by atoms with Gasteiger partial charge in [-0.1, -0.05) is 0 Å². The summed E-state index contributed by atoms with van der Waals surface area (Å²) in [6.07, 6.45) is 4.60. The third-order valence-electron chi connectivity index (χ3n) is 3.58. The number of ether oxygens (including phenoxy) is 1. The van der Waals surface area contributed by atoms with Gasteiger partial charge in [0, 0.05) is 19.0 Å². The Morgan fingerprint density at radius 1 is 1.57 bits per heavy atom. The number of aliphatic hydroxyl groups excluding tert-OH is 1. The lowest BCUT2D eigenvalue weighted by Gasteiger charge is -2.24. The Labute approximate surface area is 122 Å². The fourth-order valence-electron chi connectivity index (χ4n) is 2.46. The summed E-state index contributed by atoms with van der Waals surface area (Å²) in [4.78, 5) is 4.20. The van der Waals surface area contributed by atoms with Crippen molar-refractivity contribution in [1.29, 1.82) is 0 Å². The maximum atomic E-state index is 9.91. The summed E-state index contributed by atoms with van der Waals surface area (Å²) in [6, 6.07) is 3.99. The molecule has 2 aromatic rings. The molecule has 21 heavy (non-hydrogen) atoms. The quantitative estimate of drug-likeness (QED) is 0.766. The van der Waals surface area contributed by atoms with Crippen LogP contribution < -0.4 is 5.32 Å². The average molecular weight is 292 g/mol. The molecule has 0 saturated carbocycles. The Kier molecular flexibility index (Phi) is 4.64. The van der Waals surface area contributed by atoms with E-state index in [0.717, 1.165) is 31.0 Å². The minimum Gasteiger partial charge on any atom is -0.467 e. The molecule has 3 rings (SSSR count). The molecule has 7 nitrogen and oxygen atoms in total. The normalized spacial score (nSPS) is 19.4. The van der Waals surface area contributed by atoms with Gasteiger partial charge in [0.15, 0.2) is 0 Å². The van der Waals surface area contributed by atoms with Crippen LogP contribution in [0.4, 0.5) is 0 Å². The number of aliphatic hydroxyl groups is 1.